The third-order valence-corrected chi connectivity index (χ3v) is 9.37. The number of nitrogens with two attached hydrogens (primary N) is 1. The minimum absolute atomic E-state index is 0.00281. The summed E-state index contributed by atoms with van der Waals surface area (Å²) in [5.74, 6) is -0.309. The van der Waals surface area contributed by atoms with Gasteiger partial charge in [0.25, 0.3) is 11.8 Å². The average molecular weight is 602 g/mol. The van der Waals surface area contributed by atoms with Crippen LogP contribution in [0.5, 0.6) is 5.75 Å². The minimum atomic E-state index is -4.06. The van der Waals surface area contributed by atoms with Gasteiger partial charge in [0.1, 0.15) is 5.75 Å². The Morgan fingerprint density at radius 3 is 2.44 bits per heavy atom. The Balaban J connectivity index is 1.54. The topological polar surface area (TPSA) is 135 Å². The number of sulfone groups is 1. The summed E-state index contributed by atoms with van der Waals surface area (Å²) in [5.41, 5.74) is 8.18. The molecular weight excluding hydrogens is 566 g/mol. The lowest BCUT2D eigenvalue weighted by atomic mass is 10.1. The molecule has 1 aromatic heterocycles. The molecule has 1 fully saturated rings. The molecule has 2 amide bonds. The van der Waals surface area contributed by atoms with Crippen LogP contribution in [-0.4, -0.2) is 74.8 Å². The SMILES string of the molecule is CCCN1CCN(C(=O)c2cccc(S(=O)(=O)c3cc(C)c4ncc(C(N)=O)c(Nc5cccc(OC)c5)c4c3)c2)CC1. The summed E-state index contributed by atoms with van der Waals surface area (Å²) in [6, 6.07) is 16.3. The second-order valence-electron chi connectivity index (χ2n) is 10.6. The van der Waals surface area contributed by atoms with Gasteiger partial charge in [-0.25, -0.2) is 8.42 Å². The molecule has 0 unspecified atom stereocenters. The van der Waals surface area contributed by atoms with Crippen LogP contribution in [0.25, 0.3) is 10.9 Å². The first-order chi connectivity index (χ1) is 20.6. The standard InChI is InChI=1S/C32H35N5O5S/c1-4-11-36-12-14-37(15-13-36)32(39)22-7-5-10-25(17-22)43(40,41)26-16-21(2)29-27(19-26)30(28(20-34-29)31(33)38)35-23-8-6-9-24(18-23)42-3/h5-10,16-20H,4,11-15H2,1-3H3,(H2,33,38)(H,34,35). The maximum atomic E-state index is 14.0. The van der Waals surface area contributed by atoms with E-state index < -0.39 is 15.7 Å². The summed E-state index contributed by atoms with van der Waals surface area (Å²) in [5, 5.41) is 3.63. The summed E-state index contributed by atoms with van der Waals surface area (Å²) in [7, 11) is -2.51. The van der Waals surface area contributed by atoms with E-state index in [2.05, 4.69) is 22.1 Å². The highest BCUT2D eigenvalue weighted by Gasteiger charge is 2.26. The second-order valence-corrected chi connectivity index (χ2v) is 12.5. The molecule has 0 radical (unpaired) electrons. The lowest BCUT2D eigenvalue weighted by molar-refractivity contribution is 0.0637. The van der Waals surface area contributed by atoms with Crippen LogP contribution >= 0.6 is 0 Å². The molecule has 11 heteroatoms. The van der Waals surface area contributed by atoms with E-state index in [1.54, 1.807) is 61.4 Å². The van der Waals surface area contributed by atoms with E-state index in [1.807, 2.05) is 0 Å². The first-order valence-corrected chi connectivity index (χ1v) is 15.6. The van der Waals surface area contributed by atoms with Crippen LogP contribution in [0.1, 0.15) is 39.6 Å². The Hall–Kier alpha value is -4.48. The zero-order chi connectivity index (χ0) is 30.7. The van der Waals surface area contributed by atoms with Crippen molar-refractivity contribution >= 4 is 43.9 Å². The number of hydrogen-bond acceptors (Lipinski definition) is 8. The van der Waals surface area contributed by atoms with Crippen molar-refractivity contribution in [2.24, 2.45) is 5.73 Å². The van der Waals surface area contributed by atoms with Gasteiger partial charge in [0.15, 0.2) is 0 Å². The number of anilines is 2. The van der Waals surface area contributed by atoms with Crippen molar-refractivity contribution < 1.29 is 22.7 Å². The van der Waals surface area contributed by atoms with Crippen molar-refractivity contribution in [3.05, 3.63) is 83.6 Å². The molecular formula is C32H35N5O5S. The van der Waals surface area contributed by atoms with E-state index in [-0.39, 0.29) is 21.3 Å². The summed E-state index contributed by atoms with van der Waals surface area (Å²) < 4.78 is 33.3. The molecule has 43 heavy (non-hydrogen) atoms. The number of hydrogen-bond donors (Lipinski definition) is 2. The van der Waals surface area contributed by atoms with Crippen LogP contribution in [0.15, 0.2) is 76.7 Å². The molecule has 3 N–H and O–H groups in total. The number of ether oxygens (including phenoxy) is 1. The zero-order valence-electron chi connectivity index (χ0n) is 24.5. The number of methoxy groups -OCH3 is 1. The van der Waals surface area contributed by atoms with Gasteiger partial charge in [-0.3, -0.25) is 19.5 Å². The number of aryl methyl sites for hydroxylation is 1. The number of piperazine rings is 1. The maximum absolute atomic E-state index is 14.0. The highest BCUT2D eigenvalue weighted by Crippen LogP contribution is 2.35. The Morgan fingerprint density at radius 2 is 1.74 bits per heavy atom. The molecule has 1 aliphatic heterocycles. The molecule has 0 spiro atoms. The number of amides is 2. The summed E-state index contributed by atoms with van der Waals surface area (Å²) in [4.78, 5) is 34.3. The Bertz CT molecular complexity index is 1800. The van der Waals surface area contributed by atoms with E-state index in [4.69, 9.17) is 10.5 Å². The van der Waals surface area contributed by atoms with Gasteiger partial charge in [-0.15, -0.1) is 0 Å². The van der Waals surface area contributed by atoms with Gasteiger partial charge in [-0.1, -0.05) is 19.1 Å². The number of nitrogens with zero attached hydrogens (tertiary/aromatic N) is 3. The lowest BCUT2D eigenvalue weighted by Crippen LogP contribution is -2.48. The number of benzene rings is 3. The quantitative estimate of drug-likeness (QED) is 0.288. The molecule has 2 heterocycles. The highest BCUT2D eigenvalue weighted by atomic mass is 32.2. The van der Waals surface area contributed by atoms with Gasteiger partial charge >= 0.3 is 0 Å². The van der Waals surface area contributed by atoms with Crippen LogP contribution in [-0.2, 0) is 9.84 Å². The fourth-order valence-electron chi connectivity index (χ4n) is 5.37. The van der Waals surface area contributed by atoms with Crippen molar-refractivity contribution in [2.75, 3.05) is 45.2 Å². The van der Waals surface area contributed by atoms with Crippen molar-refractivity contribution in [2.45, 2.75) is 30.1 Å². The molecule has 10 nitrogen and oxygen atoms in total. The Morgan fingerprint density at radius 1 is 1.00 bits per heavy atom. The van der Waals surface area contributed by atoms with Crippen molar-refractivity contribution in [3.8, 4) is 5.75 Å². The van der Waals surface area contributed by atoms with E-state index in [1.165, 1.54) is 24.4 Å². The van der Waals surface area contributed by atoms with Gasteiger partial charge in [0, 0.05) is 55.1 Å². The van der Waals surface area contributed by atoms with Crippen molar-refractivity contribution in [1.29, 1.82) is 0 Å². The molecule has 0 bridgehead atoms. The van der Waals surface area contributed by atoms with Crippen LogP contribution in [0.4, 0.5) is 11.4 Å². The summed E-state index contributed by atoms with van der Waals surface area (Å²) >= 11 is 0. The van der Waals surface area contributed by atoms with Crippen LogP contribution < -0.4 is 15.8 Å². The Labute approximate surface area is 251 Å². The number of pyridine rings is 1. The number of primary amides is 1. The maximum Gasteiger partial charge on any atom is 0.253 e. The predicted molar refractivity (Wildman–Crippen MR) is 166 cm³/mol. The van der Waals surface area contributed by atoms with Crippen LogP contribution in [0.3, 0.4) is 0 Å². The lowest BCUT2D eigenvalue weighted by Gasteiger charge is -2.34. The molecule has 224 valence electrons. The van der Waals surface area contributed by atoms with Gasteiger partial charge in [0.2, 0.25) is 9.84 Å². The largest absolute Gasteiger partial charge is 0.497 e. The summed E-state index contributed by atoms with van der Waals surface area (Å²) in [6.45, 7) is 7.66. The molecule has 5 rings (SSSR count). The number of rotatable bonds is 9. The molecule has 3 aromatic carbocycles. The molecule has 0 atom stereocenters. The molecule has 0 aliphatic carbocycles. The van der Waals surface area contributed by atoms with Crippen molar-refractivity contribution in [1.82, 2.24) is 14.8 Å². The number of aromatic nitrogens is 1. The fraction of sp³-hybridized carbons (Fsp3) is 0.281. The van der Waals surface area contributed by atoms with Gasteiger partial charge in [0.05, 0.1) is 33.7 Å². The number of nitrogens with one attached hydrogen (secondary N) is 1. The highest BCUT2D eigenvalue weighted by molar-refractivity contribution is 7.91. The van der Waals surface area contributed by atoms with Crippen LogP contribution in [0, 0.1) is 6.92 Å². The summed E-state index contributed by atoms with van der Waals surface area (Å²) in [6.07, 6.45) is 2.44. The fourth-order valence-corrected chi connectivity index (χ4v) is 6.79. The second kappa shape index (κ2) is 12.4. The number of carbonyl (C=O) groups is 2. The third kappa shape index (κ3) is 6.18. The van der Waals surface area contributed by atoms with Gasteiger partial charge < -0.3 is 20.7 Å². The first kappa shape index (κ1) is 30.0. The monoisotopic (exact) mass is 601 g/mol. The smallest absolute Gasteiger partial charge is 0.253 e. The zero-order valence-corrected chi connectivity index (χ0v) is 25.3. The van der Waals surface area contributed by atoms with Gasteiger partial charge in [-0.2, -0.15) is 0 Å². The van der Waals surface area contributed by atoms with Crippen LogP contribution in [0.2, 0.25) is 0 Å². The molecule has 1 saturated heterocycles. The average Bonchev–Trinajstić information content (AvgIpc) is 3.01. The number of fused-ring (bicyclic) bond motifs is 1. The van der Waals surface area contributed by atoms with E-state index in [0.29, 0.717) is 52.2 Å². The normalized spacial score (nSPS) is 14.1. The van der Waals surface area contributed by atoms with E-state index >= 15 is 0 Å². The predicted octanol–water partition coefficient (Wildman–Crippen LogP) is 4.39. The third-order valence-electron chi connectivity index (χ3n) is 7.64. The number of carbonyl (C=O) groups excluding carboxylic acids is 2. The minimum Gasteiger partial charge on any atom is -0.497 e. The van der Waals surface area contributed by atoms with E-state index in [0.717, 1.165) is 26.1 Å². The van der Waals surface area contributed by atoms with E-state index in [9.17, 15) is 18.0 Å². The van der Waals surface area contributed by atoms with Crippen molar-refractivity contribution in [3.63, 3.8) is 0 Å². The molecule has 4 aromatic rings. The molecule has 1 aliphatic rings. The Kier molecular flexibility index (Phi) is 8.65. The first-order valence-electron chi connectivity index (χ1n) is 14.1. The van der Waals surface area contributed by atoms with Gasteiger partial charge in [-0.05, 0) is 67.9 Å². The molecule has 0 saturated carbocycles.